The smallest absolute Gasteiger partial charge is 0.332 e. The molecule has 0 heterocycles. The fourth-order valence-corrected chi connectivity index (χ4v) is 0.616. The molecule has 0 aliphatic carbocycles. The fourth-order valence-electron chi connectivity index (χ4n) is 0.616. The average Bonchev–Trinajstić information content (AvgIpc) is 1.88. The second-order valence-corrected chi connectivity index (χ2v) is 2.27. The molecule has 4 nitrogen and oxygen atoms in total. The molecule has 0 aromatic heterocycles. The van der Waals surface area contributed by atoms with Crippen molar-refractivity contribution in [3.63, 3.8) is 0 Å². The Labute approximate surface area is 95.3 Å². The van der Waals surface area contributed by atoms with E-state index in [2.05, 4.69) is 5.18 Å². The zero-order valence-corrected chi connectivity index (χ0v) is 8.99. The summed E-state index contributed by atoms with van der Waals surface area (Å²) in [6.45, 7) is 3.52. The van der Waals surface area contributed by atoms with E-state index in [9.17, 15) is 9.70 Å². The summed E-state index contributed by atoms with van der Waals surface area (Å²) < 4.78 is 0. The summed E-state index contributed by atoms with van der Waals surface area (Å²) in [7, 11) is 0. The first-order valence-corrected chi connectivity index (χ1v) is 3.18. The molecule has 1 N–H and O–H groups in total. The normalized spacial score (nSPS) is 14.4. The van der Waals surface area contributed by atoms with Crippen molar-refractivity contribution in [2.24, 2.45) is 11.1 Å². The first-order valence-electron chi connectivity index (χ1n) is 3.18. The summed E-state index contributed by atoms with van der Waals surface area (Å²) in [5, 5.41) is 10.9. The molecule has 11 heavy (non-hydrogen) atoms. The summed E-state index contributed by atoms with van der Waals surface area (Å²) in [4.78, 5) is 20.2. The molecule has 2 atom stereocenters. The molecule has 5 heteroatoms. The second kappa shape index (κ2) is 7.00. The number of rotatable bonds is 4. The molecular formula is C6H11CaNO3. The molecule has 0 unspecified atom stereocenters. The third kappa shape index (κ3) is 4.71. The van der Waals surface area contributed by atoms with Crippen LogP contribution in [0, 0.1) is 10.8 Å². The minimum absolute atomic E-state index is 0. The third-order valence-corrected chi connectivity index (χ3v) is 1.55. The van der Waals surface area contributed by atoms with Crippen molar-refractivity contribution < 1.29 is 9.90 Å². The van der Waals surface area contributed by atoms with E-state index in [0.717, 1.165) is 0 Å². The zero-order chi connectivity index (χ0) is 8.15. The van der Waals surface area contributed by atoms with Gasteiger partial charge in [-0.3, -0.25) is 0 Å². The van der Waals surface area contributed by atoms with Crippen molar-refractivity contribution in [1.29, 1.82) is 0 Å². The first kappa shape index (κ1) is 13.9. The van der Waals surface area contributed by atoms with Crippen LogP contribution in [0.1, 0.15) is 20.3 Å². The average molecular weight is 185 g/mol. The second-order valence-electron chi connectivity index (χ2n) is 2.27. The standard InChI is InChI=1S/C6H11NO3.Ca/c1-3-4(2)5(7-10)6(8)9;/h4-5H,3H2,1-2H3,(H,8,9);/t4-,5-;/m0./s1. The van der Waals surface area contributed by atoms with Crippen LogP contribution in [0.4, 0.5) is 0 Å². The number of hydrogen-bond donors (Lipinski definition) is 1. The van der Waals surface area contributed by atoms with Gasteiger partial charge in [0, 0.05) is 37.7 Å². The number of nitroso groups, excluding NO2 is 1. The summed E-state index contributed by atoms with van der Waals surface area (Å²) in [6, 6.07) is -1.08. The Kier molecular flexibility index (Phi) is 8.84. The number of carboxylic acids is 1. The van der Waals surface area contributed by atoms with Crippen LogP contribution in [0.15, 0.2) is 5.18 Å². The molecule has 0 rings (SSSR count). The Hall–Kier alpha value is 0.330. The van der Waals surface area contributed by atoms with Crippen LogP contribution in [-0.2, 0) is 4.79 Å². The molecule has 0 aromatic carbocycles. The minimum atomic E-state index is -1.13. The van der Waals surface area contributed by atoms with Gasteiger partial charge in [-0.2, -0.15) is 0 Å². The van der Waals surface area contributed by atoms with Crippen molar-refractivity contribution >= 4 is 43.7 Å². The Morgan fingerprint density at radius 2 is 2.09 bits per heavy atom. The Balaban J connectivity index is 0. The van der Waals surface area contributed by atoms with Gasteiger partial charge in [0.05, 0.1) is 0 Å². The summed E-state index contributed by atoms with van der Waals surface area (Å²) in [6.07, 6.45) is 0.655. The van der Waals surface area contributed by atoms with Crippen molar-refractivity contribution in [3.8, 4) is 0 Å². The van der Waals surface area contributed by atoms with E-state index >= 15 is 0 Å². The maximum atomic E-state index is 10.2. The van der Waals surface area contributed by atoms with Crippen molar-refractivity contribution in [2.75, 3.05) is 0 Å². The van der Waals surface area contributed by atoms with E-state index in [4.69, 9.17) is 5.11 Å². The topological polar surface area (TPSA) is 66.7 Å². The predicted molar refractivity (Wildman–Crippen MR) is 42.4 cm³/mol. The maximum Gasteiger partial charge on any atom is 0.332 e. The molecule has 0 aliphatic heterocycles. The van der Waals surface area contributed by atoms with Crippen LogP contribution in [0.3, 0.4) is 0 Å². The van der Waals surface area contributed by atoms with Crippen LogP contribution < -0.4 is 0 Å². The maximum absolute atomic E-state index is 10.2. The Bertz CT molecular complexity index is 140. The molecule has 0 saturated heterocycles. The van der Waals surface area contributed by atoms with Crippen LogP contribution in [0.25, 0.3) is 0 Å². The predicted octanol–water partition coefficient (Wildman–Crippen LogP) is 0.871. The van der Waals surface area contributed by atoms with Gasteiger partial charge in [-0.05, 0) is 5.92 Å². The van der Waals surface area contributed by atoms with Gasteiger partial charge in [-0.15, -0.1) is 4.91 Å². The molecule has 0 amide bonds. The van der Waals surface area contributed by atoms with E-state index in [-0.39, 0.29) is 43.7 Å². The summed E-state index contributed by atoms with van der Waals surface area (Å²) in [5.41, 5.74) is 0. The molecule has 60 valence electrons. The van der Waals surface area contributed by atoms with Crippen molar-refractivity contribution in [2.45, 2.75) is 26.3 Å². The number of hydrogen-bond acceptors (Lipinski definition) is 3. The fraction of sp³-hybridized carbons (Fsp3) is 0.833. The van der Waals surface area contributed by atoms with Gasteiger partial charge in [0.25, 0.3) is 0 Å². The third-order valence-electron chi connectivity index (χ3n) is 1.55. The first-order chi connectivity index (χ1) is 4.63. The van der Waals surface area contributed by atoms with Crippen LogP contribution in [0.5, 0.6) is 0 Å². The Morgan fingerprint density at radius 3 is 2.18 bits per heavy atom. The van der Waals surface area contributed by atoms with Crippen LogP contribution in [0.2, 0.25) is 0 Å². The van der Waals surface area contributed by atoms with E-state index in [1.807, 2.05) is 6.92 Å². The molecular weight excluding hydrogens is 174 g/mol. The minimum Gasteiger partial charge on any atom is -0.480 e. The summed E-state index contributed by atoms with van der Waals surface area (Å²) >= 11 is 0. The van der Waals surface area contributed by atoms with Gasteiger partial charge in [-0.1, -0.05) is 25.4 Å². The molecule has 0 bridgehead atoms. The van der Waals surface area contributed by atoms with E-state index < -0.39 is 12.0 Å². The van der Waals surface area contributed by atoms with E-state index in [0.29, 0.717) is 6.42 Å². The van der Waals surface area contributed by atoms with Gasteiger partial charge in [0.2, 0.25) is 0 Å². The van der Waals surface area contributed by atoms with Crippen molar-refractivity contribution in [1.82, 2.24) is 0 Å². The van der Waals surface area contributed by atoms with Gasteiger partial charge >= 0.3 is 5.97 Å². The molecule has 0 fully saturated rings. The van der Waals surface area contributed by atoms with Gasteiger partial charge in [0.15, 0.2) is 6.04 Å². The molecule has 0 aromatic rings. The summed E-state index contributed by atoms with van der Waals surface area (Å²) in [5.74, 6) is -1.31. The van der Waals surface area contributed by atoms with E-state index in [1.54, 1.807) is 6.92 Å². The van der Waals surface area contributed by atoms with Gasteiger partial charge < -0.3 is 5.11 Å². The van der Waals surface area contributed by atoms with Crippen molar-refractivity contribution in [3.05, 3.63) is 4.91 Å². The van der Waals surface area contributed by atoms with Crippen LogP contribution in [-0.4, -0.2) is 54.9 Å². The number of carbonyl (C=O) groups is 1. The molecule has 0 spiro atoms. The number of aliphatic carboxylic acids is 1. The number of carboxylic acid groups (broad SMARTS) is 1. The largest absolute Gasteiger partial charge is 0.480 e. The van der Waals surface area contributed by atoms with Crippen LogP contribution >= 0.6 is 0 Å². The quantitative estimate of drug-likeness (QED) is 0.522. The molecule has 0 saturated carbocycles. The van der Waals surface area contributed by atoms with Gasteiger partial charge in [-0.25, -0.2) is 4.79 Å². The molecule has 0 aliphatic rings. The van der Waals surface area contributed by atoms with Gasteiger partial charge in [0.1, 0.15) is 0 Å². The Morgan fingerprint density at radius 1 is 1.64 bits per heavy atom. The monoisotopic (exact) mass is 185 g/mol. The SMILES string of the molecule is CC[C@H](C)[C@H](N=O)C(=O)O.[Ca]. The zero-order valence-electron chi connectivity index (χ0n) is 6.78. The number of nitrogens with zero attached hydrogens (tertiary/aromatic N) is 1. The van der Waals surface area contributed by atoms with E-state index in [1.165, 1.54) is 0 Å². The molecule has 2 radical (unpaired) electrons.